The van der Waals surface area contributed by atoms with Gasteiger partial charge in [-0.05, 0) is 30.7 Å². The van der Waals surface area contributed by atoms with Crippen molar-refractivity contribution in [3.8, 4) is 11.5 Å². The topological polar surface area (TPSA) is 43.4 Å². The van der Waals surface area contributed by atoms with Gasteiger partial charge < -0.3 is 14.8 Å². The molecule has 0 bridgehead atoms. The highest BCUT2D eigenvalue weighted by atomic mass is 19.3. The van der Waals surface area contributed by atoms with Crippen LogP contribution in [0.4, 0.5) is 14.5 Å². The molecular weight excluding hydrogens is 278 g/mol. The van der Waals surface area contributed by atoms with Crippen LogP contribution < -0.4 is 14.8 Å². The number of halogens is 2. The molecule has 0 amide bonds. The van der Waals surface area contributed by atoms with Gasteiger partial charge >= 0.3 is 6.61 Å². The lowest BCUT2D eigenvalue weighted by molar-refractivity contribution is -0.0511. The highest BCUT2D eigenvalue weighted by Gasteiger charge is 2.11. The van der Waals surface area contributed by atoms with Crippen molar-refractivity contribution in [2.75, 3.05) is 12.4 Å². The number of hydrogen-bond donors (Lipinski definition) is 1. The molecule has 0 saturated carbocycles. The molecule has 0 unspecified atom stereocenters. The standard InChI is InChI=1S/C15H16F2N2O2/c1-10-3-4-12(18-8-10)9-19-11-5-6-13(20-2)14(7-11)21-15(16)17/h3-8,15,19H,9H2,1-2H3. The maximum Gasteiger partial charge on any atom is 0.387 e. The highest BCUT2D eigenvalue weighted by molar-refractivity contribution is 5.54. The zero-order valence-corrected chi connectivity index (χ0v) is 11.8. The molecule has 0 fully saturated rings. The van der Waals surface area contributed by atoms with Gasteiger partial charge in [-0.15, -0.1) is 0 Å². The molecule has 0 spiro atoms. The van der Waals surface area contributed by atoms with Gasteiger partial charge in [0.25, 0.3) is 0 Å². The van der Waals surface area contributed by atoms with Crippen LogP contribution in [-0.4, -0.2) is 18.7 Å². The molecule has 1 aromatic heterocycles. The molecule has 1 heterocycles. The zero-order chi connectivity index (χ0) is 15.2. The van der Waals surface area contributed by atoms with Crippen molar-refractivity contribution in [2.24, 2.45) is 0 Å². The van der Waals surface area contributed by atoms with E-state index >= 15 is 0 Å². The van der Waals surface area contributed by atoms with Crippen molar-refractivity contribution >= 4 is 5.69 Å². The Morgan fingerprint density at radius 2 is 2.00 bits per heavy atom. The van der Waals surface area contributed by atoms with E-state index in [9.17, 15) is 8.78 Å². The molecule has 2 aromatic rings. The lowest BCUT2D eigenvalue weighted by Gasteiger charge is -2.12. The number of nitrogens with one attached hydrogen (secondary N) is 1. The first-order chi connectivity index (χ1) is 10.1. The fourth-order valence-corrected chi connectivity index (χ4v) is 1.77. The van der Waals surface area contributed by atoms with E-state index in [2.05, 4.69) is 15.0 Å². The fraction of sp³-hybridized carbons (Fsp3) is 0.267. The van der Waals surface area contributed by atoms with Crippen molar-refractivity contribution in [2.45, 2.75) is 20.1 Å². The number of rotatable bonds is 6. The number of hydrogen-bond acceptors (Lipinski definition) is 4. The minimum atomic E-state index is -2.90. The Morgan fingerprint density at radius 3 is 2.62 bits per heavy atom. The molecule has 2 rings (SSSR count). The average Bonchev–Trinajstić information content (AvgIpc) is 2.46. The number of methoxy groups -OCH3 is 1. The van der Waals surface area contributed by atoms with Gasteiger partial charge in [-0.2, -0.15) is 8.78 Å². The maximum absolute atomic E-state index is 12.3. The van der Waals surface area contributed by atoms with Gasteiger partial charge in [0.1, 0.15) is 0 Å². The summed E-state index contributed by atoms with van der Waals surface area (Å²) in [4.78, 5) is 4.26. The van der Waals surface area contributed by atoms with Crippen LogP contribution in [0.3, 0.4) is 0 Å². The Kier molecular flexibility index (Phi) is 4.92. The molecule has 21 heavy (non-hydrogen) atoms. The smallest absolute Gasteiger partial charge is 0.387 e. The number of pyridine rings is 1. The number of alkyl halides is 2. The number of aromatic nitrogens is 1. The summed E-state index contributed by atoms with van der Waals surface area (Å²) >= 11 is 0. The summed E-state index contributed by atoms with van der Waals surface area (Å²) in [6.45, 7) is -0.449. The maximum atomic E-state index is 12.3. The van der Waals surface area contributed by atoms with Crippen LogP contribution in [0.2, 0.25) is 0 Å². The minimum Gasteiger partial charge on any atom is -0.493 e. The second kappa shape index (κ2) is 6.88. The Hall–Kier alpha value is -2.37. The summed E-state index contributed by atoms with van der Waals surface area (Å²) in [5, 5.41) is 3.10. The molecule has 0 saturated heterocycles. The van der Waals surface area contributed by atoms with Gasteiger partial charge in [-0.3, -0.25) is 4.98 Å². The van der Waals surface area contributed by atoms with Crippen LogP contribution in [0.1, 0.15) is 11.3 Å². The van der Waals surface area contributed by atoms with Crippen LogP contribution in [0.15, 0.2) is 36.5 Å². The quantitative estimate of drug-likeness (QED) is 0.884. The third-order valence-electron chi connectivity index (χ3n) is 2.83. The highest BCUT2D eigenvalue weighted by Crippen LogP contribution is 2.31. The summed E-state index contributed by atoms with van der Waals surface area (Å²) in [6, 6.07) is 8.64. The number of nitrogens with zero attached hydrogens (tertiary/aromatic N) is 1. The number of aryl methyl sites for hydroxylation is 1. The van der Waals surface area contributed by atoms with Crippen molar-refractivity contribution < 1.29 is 18.3 Å². The first-order valence-corrected chi connectivity index (χ1v) is 6.36. The largest absolute Gasteiger partial charge is 0.493 e. The average molecular weight is 294 g/mol. The fourth-order valence-electron chi connectivity index (χ4n) is 1.77. The predicted molar refractivity (Wildman–Crippen MR) is 75.9 cm³/mol. The van der Waals surface area contributed by atoms with Crippen LogP contribution in [0, 0.1) is 6.92 Å². The van der Waals surface area contributed by atoms with Gasteiger partial charge in [-0.1, -0.05) is 6.07 Å². The van der Waals surface area contributed by atoms with E-state index < -0.39 is 6.61 Å². The molecule has 112 valence electrons. The van der Waals surface area contributed by atoms with Crippen LogP contribution in [0.5, 0.6) is 11.5 Å². The van der Waals surface area contributed by atoms with E-state index in [4.69, 9.17) is 4.74 Å². The molecule has 1 aromatic carbocycles. The minimum absolute atomic E-state index is 0.00522. The summed E-state index contributed by atoms with van der Waals surface area (Å²) in [5.41, 5.74) is 2.58. The van der Waals surface area contributed by atoms with E-state index in [1.165, 1.54) is 13.2 Å². The second-order valence-electron chi connectivity index (χ2n) is 4.42. The molecule has 6 heteroatoms. The number of ether oxygens (including phenoxy) is 2. The van der Waals surface area contributed by atoms with Gasteiger partial charge in [0.2, 0.25) is 0 Å². The predicted octanol–water partition coefficient (Wildman–Crippen LogP) is 3.61. The van der Waals surface area contributed by atoms with Gasteiger partial charge in [0.05, 0.1) is 19.3 Å². The Labute approximate surface area is 121 Å². The monoisotopic (exact) mass is 294 g/mol. The van der Waals surface area contributed by atoms with Crippen molar-refractivity contribution in [1.29, 1.82) is 0 Å². The van der Waals surface area contributed by atoms with Crippen LogP contribution in [0.25, 0.3) is 0 Å². The first-order valence-electron chi connectivity index (χ1n) is 6.36. The van der Waals surface area contributed by atoms with E-state index in [-0.39, 0.29) is 11.5 Å². The normalized spacial score (nSPS) is 10.5. The molecule has 4 nitrogen and oxygen atoms in total. The molecule has 0 aliphatic carbocycles. The van der Waals surface area contributed by atoms with Gasteiger partial charge in [0, 0.05) is 18.0 Å². The molecule has 0 aliphatic rings. The van der Waals surface area contributed by atoms with Crippen molar-refractivity contribution in [3.63, 3.8) is 0 Å². The molecule has 0 aliphatic heterocycles. The molecule has 0 atom stereocenters. The second-order valence-corrected chi connectivity index (χ2v) is 4.42. The lowest BCUT2D eigenvalue weighted by atomic mass is 10.2. The SMILES string of the molecule is COc1ccc(NCc2ccc(C)cn2)cc1OC(F)F. The third-order valence-corrected chi connectivity index (χ3v) is 2.83. The van der Waals surface area contributed by atoms with E-state index in [0.717, 1.165) is 11.3 Å². The number of anilines is 1. The lowest BCUT2D eigenvalue weighted by Crippen LogP contribution is -2.05. The van der Waals surface area contributed by atoms with E-state index in [1.54, 1.807) is 18.3 Å². The zero-order valence-electron chi connectivity index (χ0n) is 11.8. The van der Waals surface area contributed by atoms with Gasteiger partial charge in [0.15, 0.2) is 11.5 Å². The third kappa shape index (κ3) is 4.30. The Morgan fingerprint density at radius 1 is 1.19 bits per heavy atom. The summed E-state index contributed by atoms with van der Waals surface area (Å²) < 4.78 is 34.1. The van der Waals surface area contributed by atoms with Crippen LogP contribution in [-0.2, 0) is 6.54 Å². The van der Waals surface area contributed by atoms with Gasteiger partial charge in [-0.25, -0.2) is 0 Å². The summed E-state index contributed by atoms with van der Waals surface area (Å²) in [6.07, 6.45) is 1.77. The van der Waals surface area contributed by atoms with E-state index in [0.29, 0.717) is 12.2 Å². The molecule has 1 N–H and O–H groups in total. The van der Waals surface area contributed by atoms with Crippen molar-refractivity contribution in [1.82, 2.24) is 4.98 Å². The first kappa shape index (κ1) is 15.0. The molecular formula is C15H16F2N2O2. The van der Waals surface area contributed by atoms with Crippen LogP contribution >= 0.6 is 0 Å². The number of benzene rings is 1. The Balaban J connectivity index is 2.07. The summed E-state index contributed by atoms with van der Waals surface area (Å²) in [7, 11) is 1.40. The molecule has 0 radical (unpaired) electrons. The Bertz CT molecular complexity index is 589. The van der Waals surface area contributed by atoms with E-state index in [1.807, 2.05) is 19.1 Å². The summed E-state index contributed by atoms with van der Waals surface area (Å²) in [5.74, 6) is 0.253. The van der Waals surface area contributed by atoms with Crippen molar-refractivity contribution in [3.05, 3.63) is 47.8 Å².